The second-order valence-corrected chi connectivity index (χ2v) is 5.96. The van der Waals surface area contributed by atoms with Crippen molar-refractivity contribution in [3.8, 4) is 17.1 Å². The number of hydrogen-bond donors (Lipinski definition) is 1. The molecule has 0 saturated heterocycles. The number of nitrogens with zero attached hydrogens (tertiary/aromatic N) is 3. The molecule has 0 radical (unpaired) electrons. The molecule has 3 aromatic rings. The number of hydrogen-bond acceptors (Lipinski definition) is 3. The lowest BCUT2D eigenvalue weighted by molar-refractivity contribution is 0.476. The van der Waals surface area contributed by atoms with E-state index in [0.29, 0.717) is 6.04 Å². The lowest BCUT2D eigenvalue weighted by Gasteiger charge is -2.08. The number of aromatic nitrogens is 3. The van der Waals surface area contributed by atoms with Crippen molar-refractivity contribution in [2.45, 2.75) is 18.9 Å². The molecule has 2 heterocycles. The van der Waals surface area contributed by atoms with Gasteiger partial charge in [0.25, 0.3) is 0 Å². The van der Waals surface area contributed by atoms with Gasteiger partial charge in [-0.3, -0.25) is 0 Å². The Morgan fingerprint density at radius 1 is 1.25 bits per heavy atom. The van der Waals surface area contributed by atoms with E-state index in [2.05, 4.69) is 30.5 Å². The first kappa shape index (κ1) is 11.9. The highest BCUT2D eigenvalue weighted by Crippen LogP contribution is 2.42. The Morgan fingerprint density at radius 2 is 2.10 bits per heavy atom. The van der Waals surface area contributed by atoms with Crippen molar-refractivity contribution in [3.05, 3.63) is 41.0 Å². The van der Waals surface area contributed by atoms with Gasteiger partial charge in [-0.2, -0.15) is 0 Å². The third kappa shape index (κ3) is 1.81. The number of phenols is 1. The summed E-state index contributed by atoms with van der Waals surface area (Å²) in [4.78, 5) is 9.11. The van der Waals surface area contributed by atoms with E-state index in [4.69, 9.17) is 0 Å². The fourth-order valence-electron chi connectivity index (χ4n) is 2.49. The molecule has 1 N–H and O–H groups in total. The SMILES string of the molecule is Oc1ccc(Br)cc1-c1nc2cccnc2n1C1CC1. The Labute approximate surface area is 124 Å². The van der Waals surface area contributed by atoms with Crippen LogP contribution in [-0.2, 0) is 0 Å². The zero-order chi connectivity index (χ0) is 13.7. The highest BCUT2D eigenvalue weighted by Gasteiger charge is 2.30. The van der Waals surface area contributed by atoms with Crippen molar-refractivity contribution < 1.29 is 5.11 Å². The predicted molar refractivity (Wildman–Crippen MR) is 80.6 cm³/mol. The van der Waals surface area contributed by atoms with Crippen LogP contribution in [0.15, 0.2) is 41.0 Å². The molecular formula is C15H12BrN3O. The molecular weight excluding hydrogens is 318 g/mol. The maximum atomic E-state index is 10.1. The molecule has 0 bridgehead atoms. The van der Waals surface area contributed by atoms with Gasteiger partial charge in [0.2, 0.25) is 0 Å². The van der Waals surface area contributed by atoms with E-state index >= 15 is 0 Å². The third-order valence-corrected chi connectivity index (χ3v) is 4.05. The molecule has 0 spiro atoms. The van der Waals surface area contributed by atoms with Crippen molar-refractivity contribution in [3.63, 3.8) is 0 Å². The van der Waals surface area contributed by atoms with E-state index in [0.717, 1.165) is 39.9 Å². The summed E-state index contributed by atoms with van der Waals surface area (Å²) in [6.07, 6.45) is 4.07. The average molecular weight is 330 g/mol. The van der Waals surface area contributed by atoms with Gasteiger partial charge in [-0.05, 0) is 43.2 Å². The number of imidazole rings is 1. The van der Waals surface area contributed by atoms with Crippen LogP contribution in [0.2, 0.25) is 0 Å². The molecule has 2 aromatic heterocycles. The van der Waals surface area contributed by atoms with Gasteiger partial charge in [0.1, 0.15) is 17.1 Å². The standard InChI is InChI=1S/C15H12BrN3O/c16-9-3-6-13(20)11(8-9)14-18-12-2-1-7-17-15(12)19(14)10-4-5-10/h1-3,6-8,10,20H,4-5H2. The molecule has 0 aliphatic heterocycles. The Hall–Kier alpha value is -1.88. The molecule has 1 fully saturated rings. The second-order valence-electron chi connectivity index (χ2n) is 5.04. The highest BCUT2D eigenvalue weighted by atomic mass is 79.9. The number of aromatic hydroxyl groups is 1. The van der Waals surface area contributed by atoms with Crippen molar-refractivity contribution in [1.82, 2.24) is 14.5 Å². The Balaban J connectivity index is 2.03. The minimum absolute atomic E-state index is 0.241. The molecule has 100 valence electrons. The Kier molecular flexibility index (Phi) is 2.57. The van der Waals surface area contributed by atoms with E-state index in [1.54, 1.807) is 12.3 Å². The van der Waals surface area contributed by atoms with E-state index in [1.807, 2.05) is 24.3 Å². The van der Waals surface area contributed by atoms with E-state index in [9.17, 15) is 5.11 Å². The van der Waals surface area contributed by atoms with Gasteiger partial charge in [0, 0.05) is 16.7 Å². The topological polar surface area (TPSA) is 50.9 Å². The minimum Gasteiger partial charge on any atom is -0.507 e. The highest BCUT2D eigenvalue weighted by molar-refractivity contribution is 9.10. The minimum atomic E-state index is 0.241. The maximum Gasteiger partial charge on any atom is 0.160 e. The fourth-order valence-corrected chi connectivity index (χ4v) is 2.85. The zero-order valence-electron chi connectivity index (χ0n) is 10.6. The van der Waals surface area contributed by atoms with Crippen LogP contribution in [0, 0.1) is 0 Å². The Bertz CT molecular complexity index is 808. The first-order valence-electron chi connectivity index (χ1n) is 6.56. The molecule has 1 aliphatic rings. The zero-order valence-corrected chi connectivity index (χ0v) is 12.2. The molecule has 0 unspecified atom stereocenters. The summed E-state index contributed by atoms with van der Waals surface area (Å²) in [7, 11) is 0. The van der Waals surface area contributed by atoms with Crippen LogP contribution in [0.1, 0.15) is 18.9 Å². The molecule has 0 amide bonds. The van der Waals surface area contributed by atoms with Crippen LogP contribution >= 0.6 is 15.9 Å². The van der Waals surface area contributed by atoms with Gasteiger partial charge in [0.05, 0.1) is 5.56 Å². The monoisotopic (exact) mass is 329 g/mol. The summed E-state index contributed by atoms with van der Waals surface area (Å²) in [6, 6.07) is 9.69. The average Bonchev–Trinajstić information content (AvgIpc) is 3.21. The lowest BCUT2D eigenvalue weighted by atomic mass is 10.2. The van der Waals surface area contributed by atoms with Gasteiger partial charge in [-0.1, -0.05) is 15.9 Å². The van der Waals surface area contributed by atoms with Gasteiger partial charge < -0.3 is 9.67 Å². The number of pyridine rings is 1. The predicted octanol–water partition coefficient (Wildman–Crippen LogP) is 3.90. The molecule has 4 nitrogen and oxygen atoms in total. The summed E-state index contributed by atoms with van der Waals surface area (Å²) in [5.74, 6) is 1.03. The molecule has 20 heavy (non-hydrogen) atoms. The van der Waals surface area contributed by atoms with E-state index in [-0.39, 0.29) is 5.75 Å². The summed E-state index contributed by atoms with van der Waals surface area (Å²) in [5, 5.41) is 10.1. The lowest BCUT2D eigenvalue weighted by Crippen LogP contribution is -1.98. The van der Waals surface area contributed by atoms with Crippen LogP contribution in [0.3, 0.4) is 0 Å². The number of fused-ring (bicyclic) bond motifs is 1. The third-order valence-electron chi connectivity index (χ3n) is 3.56. The number of halogens is 1. The summed E-state index contributed by atoms with van der Waals surface area (Å²) in [6.45, 7) is 0. The summed E-state index contributed by atoms with van der Waals surface area (Å²) >= 11 is 3.45. The Morgan fingerprint density at radius 3 is 2.90 bits per heavy atom. The molecule has 1 aromatic carbocycles. The quantitative estimate of drug-likeness (QED) is 0.775. The van der Waals surface area contributed by atoms with Crippen molar-refractivity contribution >= 4 is 27.1 Å². The normalized spacial score (nSPS) is 14.8. The number of phenolic OH excluding ortho intramolecular Hbond substituents is 1. The van der Waals surface area contributed by atoms with E-state index < -0.39 is 0 Å². The number of benzene rings is 1. The largest absolute Gasteiger partial charge is 0.507 e. The van der Waals surface area contributed by atoms with Crippen molar-refractivity contribution in [1.29, 1.82) is 0 Å². The van der Waals surface area contributed by atoms with Gasteiger partial charge in [0.15, 0.2) is 5.65 Å². The molecule has 4 rings (SSSR count). The first-order valence-corrected chi connectivity index (χ1v) is 7.35. The van der Waals surface area contributed by atoms with Gasteiger partial charge in [-0.15, -0.1) is 0 Å². The summed E-state index contributed by atoms with van der Waals surface area (Å²) in [5.41, 5.74) is 2.50. The van der Waals surface area contributed by atoms with Crippen LogP contribution in [0.4, 0.5) is 0 Å². The number of rotatable bonds is 2. The van der Waals surface area contributed by atoms with Crippen LogP contribution in [0.25, 0.3) is 22.6 Å². The van der Waals surface area contributed by atoms with E-state index in [1.165, 1.54) is 0 Å². The van der Waals surface area contributed by atoms with Gasteiger partial charge >= 0.3 is 0 Å². The molecule has 1 aliphatic carbocycles. The molecule has 0 atom stereocenters. The van der Waals surface area contributed by atoms with Crippen LogP contribution in [0.5, 0.6) is 5.75 Å². The van der Waals surface area contributed by atoms with Gasteiger partial charge in [-0.25, -0.2) is 9.97 Å². The fraction of sp³-hybridized carbons (Fsp3) is 0.200. The smallest absolute Gasteiger partial charge is 0.160 e. The van der Waals surface area contributed by atoms with Crippen LogP contribution in [-0.4, -0.2) is 19.6 Å². The maximum absolute atomic E-state index is 10.1. The van der Waals surface area contributed by atoms with Crippen molar-refractivity contribution in [2.75, 3.05) is 0 Å². The summed E-state index contributed by atoms with van der Waals surface area (Å²) < 4.78 is 3.07. The molecule has 1 saturated carbocycles. The van der Waals surface area contributed by atoms with Crippen molar-refractivity contribution in [2.24, 2.45) is 0 Å². The molecule has 5 heteroatoms. The second kappa shape index (κ2) is 4.31. The van der Waals surface area contributed by atoms with Crippen LogP contribution < -0.4 is 0 Å². The first-order chi connectivity index (χ1) is 9.74.